The van der Waals surface area contributed by atoms with Gasteiger partial charge in [0, 0.05) is 29.8 Å². The van der Waals surface area contributed by atoms with Crippen molar-refractivity contribution in [2.75, 3.05) is 5.32 Å². The maximum Gasteiger partial charge on any atom is 0.274 e. The molecule has 1 N–H and O–H groups in total. The molecule has 0 bridgehead atoms. The minimum atomic E-state index is -0.247. The van der Waals surface area contributed by atoms with Gasteiger partial charge in [-0.25, -0.2) is 9.97 Å². The molecule has 9 nitrogen and oxygen atoms in total. The van der Waals surface area contributed by atoms with Gasteiger partial charge < -0.3 is 14.4 Å². The summed E-state index contributed by atoms with van der Waals surface area (Å²) >= 11 is 0. The largest absolute Gasteiger partial charge is 0.337 e. The lowest BCUT2D eigenvalue weighted by Crippen LogP contribution is -2.15. The highest BCUT2D eigenvalue weighted by Gasteiger charge is 2.15. The van der Waals surface area contributed by atoms with E-state index >= 15 is 0 Å². The fourth-order valence-corrected chi connectivity index (χ4v) is 3.34. The number of aryl methyl sites for hydroxylation is 2. The second-order valence-corrected chi connectivity index (χ2v) is 7.17. The molecular weight excluding hydrogens is 394 g/mol. The number of anilines is 1. The van der Waals surface area contributed by atoms with Gasteiger partial charge >= 0.3 is 0 Å². The fourth-order valence-electron chi connectivity index (χ4n) is 3.34. The predicted octanol–water partition coefficient (Wildman–Crippen LogP) is 3.50. The third-order valence-corrected chi connectivity index (χ3v) is 5.09. The summed E-state index contributed by atoms with van der Waals surface area (Å²) in [6, 6.07) is 11.2. The Morgan fingerprint density at radius 1 is 1.13 bits per heavy atom. The van der Waals surface area contributed by atoms with Crippen molar-refractivity contribution in [2.45, 2.75) is 20.4 Å². The molecule has 0 saturated heterocycles. The molecule has 31 heavy (non-hydrogen) atoms. The van der Waals surface area contributed by atoms with E-state index in [9.17, 15) is 4.79 Å². The van der Waals surface area contributed by atoms with E-state index in [0.29, 0.717) is 35.3 Å². The first-order valence-electron chi connectivity index (χ1n) is 9.73. The molecule has 0 atom stereocenters. The van der Waals surface area contributed by atoms with Crippen LogP contribution >= 0.6 is 0 Å². The highest BCUT2D eigenvalue weighted by atomic mass is 16.5. The molecule has 0 saturated carbocycles. The maximum atomic E-state index is 12.9. The Morgan fingerprint density at radius 3 is 2.87 bits per heavy atom. The van der Waals surface area contributed by atoms with Gasteiger partial charge in [0.15, 0.2) is 0 Å². The summed E-state index contributed by atoms with van der Waals surface area (Å²) in [4.78, 5) is 25.8. The molecule has 0 aliphatic carbocycles. The van der Waals surface area contributed by atoms with Crippen molar-refractivity contribution in [3.63, 3.8) is 0 Å². The number of pyridine rings is 1. The first-order valence-corrected chi connectivity index (χ1v) is 9.73. The molecule has 154 valence electrons. The molecule has 0 unspecified atom stereocenters. The van der Waals surface area contributed by atoms with Crippen molar-refractivity contribution < 1.29 is 9.32 Å². The summed E-state index contributed by atoms with van der Waals surface area (Å²) in [6.45, 7) is 4.29. The Balaban J connectivity index is 1.39. The van der Waals surface area contributed by atoms with Crippen LogP contribution in [0.4, 0.5) is 5.69 Å². The van der Waals surface area contributed by atoms with Crippen LogP contribution in [0.5, 0.6) is 0 Å². The summed E-state index contributed by atoms with van der Waals surface area (Å²) in [7, 11) is 0. The average Bonchev–Trinajstić information content (AvgIpc) is 3.50. The number of carbonyl (C=O) groups excluding carboxylic acids is 1. The minimum absolute atomic E-state index is 0.247. The van der Waals surface area contributed by atoms with Crippen molar-refractivity contribution in [2.24, 2.45) is 0 Å². The smallest absolute Gasteiger partial charge is 0.274 e. The minimum Gasteiger partial charge on any atom is -0.337 e. The van der Waals surface area contributed by atoms with Gasteiger partial charge in [-0.15, -0.1) is 0 Å². The van der Waals surface area contributed by atoms with Crippen LogP contribution in [-0.4, -0.2) is 35.0 Å². The first-order chi connectivity index (χ1) is 15.1. The van der Waals surface area contributed by atoms with E-state index in [-0.39, 0.29) is 5.91 Å². The van der Waals surface area contributed by atoms with Gasteiger partial charge in [-0.2, -0.15) is 4.98 Å². The van der Waals surface area contributed by atoms with Crippen LogP contribution in [0, 0.1) is 13.8 Å². The van der Waals surface area contributed by atoms with E-state index in [1.54, 1.807) is 16.8 Å². The standard InChI is InChI=1S/C22H19N7O2/c1-14-6-7-16(21-26-20(31-27-21)13-28-10-8-23-15(28)2)11-17(14)25-22(30)18-12-24-19-5-3-4-9-29(18)19/h3-12H,13H2,1-2H3,(H,25,30). The molecule has 9 heteroatoms. The number of fused-ring (bicyclic) bond motifs is 1. The molecule has 5 rings (SSSR count). The Bertz CT molecular complexity index is 1400. The average molecular weight is 413 g/mol. The number of benzene rings is 1. The summed E-state index contributed by atoms with van der Waals surface area (Å²) in [5.74, 6) is 1.56. The molecule has 0 aliphatic heterocycles. The third kappa shape index (κ3) is 3.57. The van der Waals surface area contributed by atoms with E-state index in [0.717, 1.165) is 17.0 Å². The molecule has 0 fully saturated rings. The lowest BCUT2D eigenvalue weighted by molar-refractivity contribution is 0.102. The second-order valence-electron chi connectivity index (χ2n) is 7.17. The van der Waals surface area contributed by atoms with Crippen molar-refractivity contribution in [1.29, 1.82) is 0 Å². The number of hydrogen-bond acceptors (Lipinski definition) is 6. The monoisotopic (exact) mass is 413 g/mol. The predicted molar refractivity (Wildman–Crippen MR) is 114 cm³/mol. The Hall–Kier alpha value is -4.27. The van der Waals surface area contributed by atoms with Crippen LogP contribution in [0.3, 0.4) is 0 Å². The summed E-state index contributed by atoms with van der Waals surface area (Å²) < 4.78 is 9.07. The van der Waals surface area contributed by atoms with E-state index in [2.05, 4.69) is 25.4 Å². The number of nitrogens with one attached hydrogen (secondary N) is 1. The number of carbonyl (C=O) groups is 1. The van der Waals surface area contributed by atoms with Crippen molar-refractivity contribution in [1.82, 2.24) is 29.1 Å². The Labute approximate surface area is 177 Å². The van der Waals surface area contributed by atoms with Crippen LogP contribution in [0.2, 0.25) is 0 Å². The number of imidazole rings is 2. The zero-order valence-corrected chi connectivity index (χ0v) is 17.0. The van der Waals surface area contributed by atoms with Gasteiger partial charge in [0.25, 0.3) is 5.91 Å². The summed E-state index contributed by atoms with van der Waals surface area (Å²) in [6.07, 6.45) is 6.96. The fraction of sp³-hybridized carbons (Fsp3) is 0.136. The van der Waals surface area contributed by atoms with Gasteiger partial charge in [-0.1, -0.05) is 23.4 Å². The van der Waals surface area contributed by atoms with Crippen LogP contribution < -0.4 is 5.32 Å². The van der Waals surface area contributed by atoms with Gasteiger partial charge in [0.05, 0.1) is 6.20 Å². The van der Waals surface area contributed by atoms with Gasteiger partial charge in [0.2, 0.25) is 11.7 Å². The number of nitrogens with zero attached hydrogens (tertiary/aromatic N) is 6. The quantitative estimate of drug-likeness (QED) is 0.473. The van der Waals surface area contributed by atoms with E-state index in [4.69, 9.17) is 4.52 Å². The SMILES string of the molecule is Cc1ccc(-c2noc(Cn3ccnc3C)n2)cc1NC(=O)c1cnc2ccccn12. The third-order valence-electron chi connectivity index (χ3n) is 5.09. The number of aromatic nitrogens is 6. The molecule has 5 aromatic rings. The first kappa shape index (κ1) is 18.7. The van der Waals surface area contributed by atoms with Crippen LogP contribution in [-0.2, 0) is 6.54 Å². The van der Waals surface area contributed by atoms with Crippen LogP contribution in [0.25, 0.3) is 17.0 Å². The van der Waals surface area contributed by atoms with Crippen LogP contribution in [0.15, 0.2) is 65.7 Å². The zero-order valence-electron chi connectivity index (χ0n) is 17.0. The molecule has 0 aliphatic rings. The maximum absolute atomic E-state index is 12.9. The Morgan fingerprint density at radius 2 is 2.03 bits per heavy atom. The highest BCUT2D eigenvalue weighted by Crippen LogP contribution is 2.24. The molecule has 1 aromatic carbocycles. The topological polar surface area (TPSA) is 103 Å². The molecule has 1 amide bonds. The lowest BCUT2D eigenvalue weighted by Gasteiger charge is -2.09. The van der Waals surface area contributed by atoms with E-state index in [1.165, 1.54) is 0 Å². The molecule has 0 radical (unpaired) electrons. The molecule has 4 heterocycles. The number of rotatable bonds is 5. The van der Waals surface area contributed by atoms with Crippen LogP contribution in [0.1, 0.15) is 27.8 Å². The molecule has 4 aromatic heterocycles. The summed E-state index contributed by atoms with van der Waals surface area (Å²) in [5.41, 5.74) is 3.51. The van der Waals surface area contributed by atoms with Gasteiger partial charge in [0.1, 0.15) is 23.7 Å². The van der Waals surface area contributed by atoms with E-state index in [1.807, 2.05) is 67.2 Å². The lowest BCUT2D eigenvalue weighted by atomic mass is 10.1. The van der Waals surface area contributed by atoms with Gasteiger partial charge in [-0.05, 0) is 37.6 Å². The summed E-state index contributed by atoms with van der Waals surface area (Å²) in [5, 5.41) is 7.06. The van der Waals surface area contributed by atoms with Crippen molar-refractivity contribution >= 4 is 17.2 Å². The van der Waals surface area contributed by atoms with Crippen molar-refractivity contribution in [3.8, 4) is 11.4 Å². The molecule has 0 spiro atoms. The van der Waals surface area contributed by atoms with Crippen molar-refractivity contribution in [3.05, 3.63) is 84.2 Å². The highest BCUT2D eigenvalue weighted by molar-refractivity contribution is 6.04. The van der Waals surface area contributed by atoms with E-state index < -0.39 is 0 Å². The molecular formula is C22H19N7O2. The Kier molecular flexibility index (Phi) is 4.55. The number of hydrogen-bond donors (Lipinski definition) is 1. The normalized spacial score (nSPS) is 11.2. The zero-order chi connectivity index (χ0) is 21.4. The van der Waals surface area contributed by atoms with Gasteiger partial charge in [-0.3, -0.25) is 9.20 Å². The second kappa shape index (κ2) is 7.52. The number of amides is 1.